The number of aromatic hydroxyl groups is 1. The number of amides is 2. The molecule has 1 saturated heterocycles. The molecule has 1 atom stereocenters. The molecule has 9 heteroatoms. The number of benzene rings is 1. The van der Waals surface area contributed by atoms with Crippen LogP contribution >= 0.6 is 0 Å². The summed E-state index contributed by atoms with van der Waals surface area (Å²) >= 11 is 0. The number of aryl methyl sites for hydroxylation is 1. The summed E-state index contributed by atoms with van der Waals surface area (Å²) in [6, 6.07) is 7.69. The Balaban J connectivity index is 1.45. The third-order valence-electron chi connectivity index (χ3n) is 5.92. The SMILES string of the molecule is CC(=O)NCC1CN(c2ccc3c(c2)CCCc2c(-c4ccncc4O)n[nH]c2-3)C(=O)O1. The van der Waals surface area contributed by atoms with Crippen LogP contribution in [0.25, 0.3) is 22.5 Å². The van der Waals surface area contributed by atoms with Crippen molar-refractivity contribution in [2.45, 2.75) is 32.3 Å². The number of hydrogen-bond acceptors (Lipinski definition) is 6. The Bertz CT molecular complexity index is 1200. The zero-order valence-electron chi connectivity index (χ0n) is 17.6. The minimum Gasteiger partial charge on any atom is -0.506 e. The first-order valence-electron chi connectivity index (χ1n) is 10.6. The fraction of sp³-hybridized carbons (Fsp3) is 0.304. The Morgan fingerprint density at radius 2 is 2.19 bits per heavy atom. The summed E-state index contributed by atoms with van der Waals surface area (Å²) in [5.41, 5.74) is 6.32. The number of nitrogens with one attached hydrogen (secondary N) is 2. The molecular weight excluding hydrogens is 410 g/mol. The van der Waals surface area contributed by atoms with Crippen LogP contribution in [0, 0.1) is 0 Å². The monoisotopic (exact) mass is 433 g/mol. The molecule has 3 N–H and O–H groups in total. The van der Waals surface area contributed by atoms with Gasteiger partial charge in [0.05, 0.1) is 30.7 Å². The van der Waals surface area contributed by atoms with Crippen LogP contribution in [0.2, 0.25) is 0 Å². The van der Waals surface area contributed by atoms with Gasteiger partial charge in [-0.05, 0) is 43.0 Å². The van der Waals surface area contributed by atoms with Gasteiger partial charge in [0, 0.05) is 35.5 Å². The van der Waals surface area contributed by atoms with Crippen molar-refractivity contribution in [1.82, 2.24) is 20.5 Å². The lowest BCUT2D eigenvalue weighted by atomic mass is 9.99. The van der Waals surface area contributed by atoms with Crippen molar-refractivity contribution in [3.63, 3.8) is 0 Å². The van der Waals surface area contributed by atoms with Crippen molar-refractivity contribution >= 4 is 17.7 Å². The van der Waals surface area contributed by atoms with Gasteiger partial charge in [0.2, 0.25) is 5.91 Å². The number of H-pyrrole nitrogens is 1. The summed E-state index contributed by atoms with van der Waals surface area (Å²) in [4.78, 5) is 29.1. The van der Waals surface area contributed by atoms with E-state index < -0.39 is 6.09 Å². The smallest absolute Gasteiger partial charge is 0.414 e. The highest BCUT2D eigenvalue weighted by Crippen LogP contribution is 2.39. The Morgan fingerprint density at radius 1 is 1.31 bits per heavy atom. The highest BCUT2D eigenvalue weighted by molar-refractivity contribution is 5.91. The molecule has 2 aromatic heterocycles. The van der Waals surface area contributed by atoms with E-state index in [9.17, 15) is 14.7 Å². The van der Waals surface area contributed by atoms with Gasteiger partial charge in [0.1, 0.15) is 11.9 Å². The van der Waals surface area contributed by atoms with E-state index in [0.717, 1.165) is 53.0 Å². The van der Waals surface area contributed by atoms with E-state index in [4.69, 9.17) is 4.74 Å². The Hall–Kier alpha value is -3.88. The van der Waals surface area contributed by atoms with Crippen LogP contribution in [-0.2, 0) is 22.4 Å². The molecule has 9 nitrogen and oxygen atoms in total. The third-order valence-corrected chi connectivity index (χ3v) is 5.92. The number of pyridine rings is 1. The number of hydrogen-bond donors (Lipinski definition) is 3. The number of fused-ring (bicyclic) bond motifs is 3. The molecule has 0 saturated carbocycles. The van der Waals surface area contributed by atoms with Crippen LogP contribution in [-0.4, -0.2) is 51.5 Å². The fourth-order valence-corrected chi connectivity index (χ4v) is 4.39. The number of cyclic esters (lactones) is 1. The molecule has 1 aromatic carbocycles. The first-order valence-corrected chi connectivity index (χ1v) is 10.6. The van der Waals surface area contributed by atoms with Crippen molar-refractivity contribution in [3.8, 4) is 28.3 Å². The highest BCUT2D eigenvalue weighted by atomic mass is 16.6. The first-order chi connectivity index (χ1) is 15.5. The number of carbonyl (C=O) groups excluding carboxylic acids is 2. The van der Waals surface area contributed by atoms with E-state index >= 15 is 0 Å². The average Bonchev–Trinajstić information content (AvgIpc) is 3.31. The predicted octanol–water partition coefficient (Wildman–Crippen LogP) is 2.79. The van der Waals surface area contributed by atoms with Gasteiger partial charge in [-0.3, -0.25) is 19.8 Å². The van der Waals surface area contributed by atoms with E-state index in [1.54, 1.807) is 17.2 Å². The minimum absolute atomic E-state index is 0.1000. The topological polar surface area (TPSA) is 120 Å². The molecule has 1 unspecified atom stereocenters. The van der Waals surface area contributed by atoms with Gasteiger partial charge in [-0.2, -0.15) is 5.10 Å². The Labute approximate surface area is 184 Å². The molecule has 1 aliphatic heterocycles. The largest absolute Gasteiger partial charge is 0.506 e. The van der Waals surface area contributed by atoms with Crippen LogP contribution in [0.1, 0.15) is 24.5 Å². The van der Waals surface area contributed by atoms with Gasteiger partial charge in [-0.15, -0.1) is 0 Å². The van der Waals surface area contributed by atoms with Crippen LogP contribution in [0.5, 0.6) is 5.75 Å². The molecule has 2 aliphatic rings. The number of aromatic nitrogens is 3. The van der Waals surface area contributed by atoms with Crippen LogP contribution in [0.15, 0.2) is 36.7 Å². The lowest BCUT2D eigenvalue weighted by molar-refractivity contribution is -0.119. The summed E-state index contributed by atoms with van der Waals surface area (Å²) in [6.45, 7) is 2.12. The summed E-state index contributed by atoms with van der Waals surface area (Å²) in [6.07, 6.45) is 4.86. The van der Waals surface area contributed by atoms with E-state index in [-0.39, 0.29) is 17.8 Å². The van der Waals surface area contributed by atoms with Gasteiger partial charge >= 0.3 is 6.09 Å². The summed E-state index contributed by atoms with van der Waals surface area (Å²) in [5.74, 6) is -0.0534. The van der Waals surface area contributed by atoms with Crippen molar-refractivity contribution in [2.75, 3.05) is 18.0 Å². The number of rotatable bonds is 4. The van der Waals surface area contributed by atoms with E-state index in [2.05, 4.69) is 20.5 Å². The fourth-order valence-electron chi connectivity index (χ4n) is 4.39. The molecule has 1 aliphatic carbocycles. The lowest BCUT2D eigenvalue weighted by Crippen LogP contribution is -2.33. The first kappa shape index (κ1) is 20.0. The Kier molecular flexibility index (Phi) is 5.01. The molecule has 32 heavy (non-hydrogen) atoms. The second kappa shape index (κ2) is 7.99. The van der Waals surface area contributed by atoms with Gasteiger partial charge in [0.25, 0.3) is 0 Å². The molecule has 0 radical (unpaired) electrons. The molecular formula is C23H23N5O4. The molecule has 0 bridgehead atoms. The van der Waals surface area contributed by atoms with Crippen molar-refractivity contribution in [3.05, 3.63) is 47.8 Å². The zero-order valence-corrected chi connectivity index (χ0v) is 17.6. The molecule has 0 spiro atoms. The summed E-state index contributed by atoms with van der Waals surface area (Å²) in [5, 5.41) is 20.6. The minimum atomic E-state index is -0.411. The maximum atomic E-state index is 12.4. The quantitative estimate of drug-likeness (QED) is 0.582. The van der Waals surface area contributed by atoms with Gasteiger partial charge in [-0.25, -0.2) is 4.79 Å². The van der Waals surface area contributed by atoms with Crippen LogP contribution in [0.4, 0.5) is 10.5 Å². The second-order valence-electron chi connectivity index (χ2n) is 8.07. The second-order valence-corrected chi connectivity index (χ2v) is 8.07. The van der Waals surface area contributed by atoms with Gasteiger partial charge in [0.15, 0.2) is 0 Å². The molecule has 164 valence electrons. The molecule has 5 rings (SSSR count). The molecule has 3 heterocycles. The Morgan fingerprint density at radius 3 is 3.00 bits per heavy atom. The summed E-state index contributed by atoms with van der Waals surface area (Å²) in [7, 11) is 0. The third kappa shape index (κ3) is 3.55. The summed E-state index contributed by atoms with van der Waals surface area (Å²) < 4.78 is 5.39. The van der Waals surface area contributed by atoms with Gasteiger partial charge in [-0.1, -0.05) is 6.07 Å². The number of nitrogens with zero attached hydrogens (tertiary/aromatic N) is 3. The number of aromatic amines is 1. The standard InChI is InChI=1S/C23H23N5O4/c1-13(29)25-10-16-12-28(23(31)32-16)15-5-6-17-14(9-15)3-2-4-19-21(17)26-27-22(19)18-7-8-24-11-20(18)30/h5-9,11,16,30H,2-4,10,12H2,1H3,(H,25,29)(H,26,27). The van der Waals surface area contributed by atoms with Crippen molar-refractivity contribution in [1.29, 1.82) is 0 Å². The van der Waals surface area contributed by atoms with E-state index in [0.29, 0.717) is 18.7 Å². The number of ether oxygens (including phenoxy) is 1. The maximum Gasteiger partial charge on any atom is 0.414 e. The molecule has 1 fully saturated rings. The normalized spacial score (nSPS) is 17.3. The lowest BCUT2D eigenvalue weighted by Gasteiger charge is -2.16. The van der Waals surface area contributed by atoms with E-state index in [1.807, 2.05) is 18.2 Å². The molecule has 2 amide bonds. The maximum absolute atomic E-state index is 12.4. The molecule has 3 aromatic rings. The number of carbonyl (C=O) groups is 2. The highest BCUT2D eigenvalue weighted by Gasteiger charge is 2.33. The van der Waals surface area contributed by atoms with Crippen LogP contribution in [0.3, 0.4) is 0 Å². The average molecular weight is 433 g/mol. The van der Waals surface area contributed by atoms with Gasteiger partial charge < -0.3 is 15.2 Å². The zero-order chi connectivity index (χ0) is 22.2. The number of anilines is 1. The van der Waals surface area contributed by atoms with E-state index in [1.165, 1.54) is 13.1 Å². The van der Waals surface area contributed by atoms with Crippen LogP contribution < -0.4 is 10.2 Å². The predicted molar refractivity (Wildman–Crippen MR) is 117 cm³/mol. The van der Waals surface area contributed by atoms with Crippen molar-refractivity contribution < 1.29 is 19.4 Å². The van der Waals surface area contributed by atoms with Crippen molar-refractivity contribution in [2.24, 2.45) is 0 Å².